The minimum atomic E-state index is -0.408. The number of unbranched alkanes of at least 4 members (excludes halogenated alkanes) is 2. The number of nitrogens with zero attached hydrogens (tertiary/aromatic N) is 2. The molecule has 1 atom stereocenters. The minimum absolute atomic E-state index is 0.0458. The van der Waals surface area contributed by atoms with Crippen LogP contribution in [0.4, 0.5) is 5.69 Å². The second-order valence-electron chi connectivity index (χ2n) is 9.32. The smallest absolute Gasteiger partial charge is 0.260 e. The average molecular weight is 462 g/mol. The van der Waals surface area contributed by atoms with Crippen molar-refractivity contribution in [3.63, 3.8) is 0 Å². The Morgan fingerprint density at radius 1 is 0.912 bits per heavy atom. The first kappa shape index (κ1) is 22.6. The summed E-state index contributed by atoms with van der Waals surface area (Å²) < 4.78 is 5.36. The van der Waals surface area contributed by atoms with E-state index in [2.05, 4.69) is 5.32 Å². The Morgan fingerprint density at radius 2 is 1.65 bits per heavy atom. The predicted molar refractivity (Wildman–Crippen MR) is 128 cm³/mol. The van der Waals surface area contributed by atoms with Crippen molar-refractivity contribution in [3.8, 4) is 0 Å². The zero-order chi connectivity index (χ0) is 23.5. The molecule has 3 aliphatic heterocycles. The number of fused-ring (bicyclic) bond motifs is 5. The molecule has 0 saturated carbocycles. The highest BCUT2D eigenvalue weighted by molar-refractivity contribution is 6.16. The Hall–Kier alpha value is -3.19. The van der Waals surface area contributed by atoms with Crippen LogP contribution >= 0.6 is 0 Å². The molecule has 1 unspecified atom stereocenters. The first-order valence-electron chi connectivity index (χ1n) is 12.3. The van der Waals surface area contributed by atoms with Crippen LogP contribution in [0.5, 0.6) is 0 Å². The molecule has 3 aliphatic rings. The molecular formula is C27H31N3O4. The van der Waals surface area contributed by atoms with Gasteiger partial charge in [-0.25, -0.2) is 0 Å². The van der Waals surface area contributed by atoms with Crippen molar-refractivity contribution in [2.75, 3.05) is 31.2 Å². The van der Waals surface area contributed by atoms with Gasteiger partial charge in [-0.3, -0.25) is 19.3 Å². The molecule has 5 rings (SSSR count). The largest absolute Gasteiger partial charge is 0.381 e. The first-order chi connectivity index (χ1) is 16.6. The summed E-state index contributed by atoms with van der Waals surface area (Å²) >= 11 is 0. The monoisotopic (exact) mass is 461 g/mol. The number of carbonyl (C=O) groups is 3. The molecule has 0 spiro atoms. The molecule has 0 aliphatic carbocycles. The van der Waals surface area contributed by atoms with Crippen molar-refractivity contribution in [1.29, 1.82) is 0 Å². The van der Waals surface area contributed by atoms with Gasteiger partial charge in [-0.1, -0.05) is 36.8 Å². The quantitative estimate of drug-likeness (QED) is 0.605. The fourth-order valence-corrected chi connectivity index (χ4v) is 5.24. The lowest BCUT2D eigenvalue weighted by Gasteiger charge is -2.41. The number of rotatable bonds is 8. The molecule has 178 valence electrons. The van der Waals surface area contributed by atoms with Crippen LogP contribution in [0.2, 0.25) is 0 Å². The molecule has 0 radical (unpaired) electrons. The third-order valence-electron chi connectivity index (χ3n) is 7.11. The van der Waals surface area contributed by atoms with E-state index in [1.54, 1.807) is 11.0 Å². The van der Waals surface area contributed by atoms with Gasteiger partial charge in [-0.05, 0) is 49.8 Å². The number of ether oxygens (including phenoxy) is 1. The van der Waals surface area contributed by atoms with Gasteiger partial charge in [-0.2, -0.15) is 0 Å². The van der Waals surface area contributed by atoms with Gasteiger partial charge in [0.25, 0.3) is 11.8 Å². The summed E-state index contributed by atoms with van der Waals surface area (Å²) in [6, 6.07) is 14.9. The highest BCUT2D eigenvalue weighted by Gasteiger charge is 2.47. The molecule has 2 aromatic rings. The van der Waals surface area contributed by atoms with E-state index in [-0.39, 0.29) is 17.7 Å². The van der Waals surface area contributed by atoms with Crippen LogP contribution in [-0.2, 0) is 9.53 Å². The summed E-state index contributed by atoms with van der Waals surface area (Å²) in [7, 11) is 0. The van der Waals surface area contributed by atoms with Gasteiger partial charge in [-0.15, -0.1) is 0 Å². The Balaban J connectivity index is 1.19. The molecule has 0 aromatic heterocycles. The molecular weight excluding hydrogens is 430 g/mol. The van der Waals surface area contributed by atoms with Crippen LogP contribution in [0.3, 0.4) is 0 Å². The highest BCUT2D eigenvalue weighted by Crippen LogP contribution is 2.45. The molecule has 2 aromatic carbocycles. The van der Waals surface area contributed by atoms with Gasteiger partial charge in [0.1, 0.15) is 6.17 Å². The topological polar surface area (TPSA) is 79.0 Å². The maximum atomic E-state index is 13.4. The first-order valence-corrected chi connectivity index (χ1v) is 12.3. The van der Waals surface area contributed by atoms with E-state index in [9.17, 15) is 14.4 Å². The molecule has 3 amide bonds. The Morgan fingerprint density at radius 3 is 2.47 bits per heavy atom. The summed E-state index contributed by atoms with van der Waals surface area (Å²) in [5.41, 5.74) is 2.77. The SMILES string of the molecule is O=C(CCCCCN1C(=O)c2ccccc2N2C(=O)c3ccccc3C12)NCC1CCOCC1. The van der Waals surface area contributed by atoms with Gasteiger partial charge < -0.3 is 15.0 Å². The Kier molecular flexibility index (Phi) is 6.63. The molecule has 1 fully saturated rings. The van der Waals surface area contributed by atoms with Gasteiger partial charge >= 0.3 is 0 Å². The third-order valence-corrected chi connectivity index (χ3v) is 7.11. The van der Waals surface area contributed by atoms with E-state index in [1.165, 1.54) is 0 Å². The predicted octanol–water partition coefficient (Wildman–Crippen LogP) is 3.90. The van der Waals surface area contributed by atoms with E-state index < -0.39 is 6.17 Å². The molecule has 0 bridgehead atoms. The average Bonchev–Trinajstić information content (AvgIpc) is 3.17. The number of benzene rings is 2. The zero-order valence-corrected chi connectivity index (χ0v) is 19.4. The van der Waals surface area contributed by atoms with E-state index in [4.69, 9.17) is 4.74 Å². The molecule has 1 saturated heterocycles. The number of carbonyl (C=O) groups excluding carboxylic acids is 3. The van der Waals surface area contributed by atoms with Crippen LogP contribution in [-0.4, -0.2) is 48.9 Å². The summed E-state index contributed by atoms with van der Waals surface area (Å²) in [6.45, 7) is 2.85. The molecule has 1 N–H and O–H groups in total. The fourth-order valence-electron chi connectivity index (χ4n) is 5.24. The normalized spacial score (nSPS) is 19.6. The van der Waals surface area contributed by atoms with Crippen LogP contribution in [0, 0.1) is 5.92 Å². The standard InChI is InChI=1S/C27H31N3O4/c31-24(28-18-19-13-16-34-17-14-19)12-2-1-7-15-29-25-20-8-3-4-9-21(20)27(33)30(25)23-11-6-5-10-22(23)26(29)32/h3-6,8-11,19,25H,1-2,7,12-18H2,(H,28,31). The molecule has 34 heavy (non-hydrogen) atoms. The van der Waals surface area contributed by atoms with Crippen molar-refractivity contribution < 1.29 is 19.1 Å². The van der Waals surface area contributed by atoms with Crippen molar-refractivity contribution in [3.05, 3.63) is 65.2 Å². The molecule has 7 heteroatoms. The van der Waals surface area contributed by atoms with Gasteiger partial charge in [0, 0.05) is 43.9 Å². The Labute approximate surface area is 200 Å². The van der Waals surface area contributed by atoms with Crippen LogP contribution in [0.15, 0.2) is 48.5 Å². The van der Waals surface area contributed by atoms with E-state index in [1.807, 2.05) is 47.4 Å². The van der Waals surface area contributed by atoms with Gasteiger partial charge in [0.15, 0.2) is 0 Å². The lowest BCUT2D eigenvalue weighted by atomic mass is 10.0. The number of hydrogen-bond acceptors (Lipinski definition) is 4. The van der Waals surface area contributed by atoms with Gasteiger partial charge in [0.2, 0.25) is 5.91 Å². The number of para-hydroxylation sites is 1. The van der Waals surface area contributed by atoms with Crippen molar-refractivity contribution >= 4 is 23.4 Å². The van der Waals surface area contributed by atoms with Crippen LogP contribution < -0.4 is 10.2 Å². The molecule has 7 nitrogen and oxygen atoms in total. The maximum absolute atomic E-state index is 13.4. The number of hydrogen-bond donors (Lipinski definition) is 1. The lowest BCUT2D eigenvalue weighted by molar-refractivity contribution is -0.121. The number of nitrogens with one attached hydrogen (secondary N) is 1. The zero-order valence-electron chi connectivity index (χ0n) is 19.4. The van der Waals surface area contributed by atoms with E-state index >= 15 is 0 Å². The minimum Gasteiger partial charge on any atom is -0.381 e. The third kappa shape index (κ3) is 4.32. The second-order valence-corrected chi connectivity index (χ2v) is 9.32. The van der Waals surface area contributed by atoms with Crippen LogP contribution in [0.1, 0.15) is 71.0 Å². The van der Waals surface area contributed by atoms with E-state index in [0.29, 0.717) is 35.7 Å². The van der Waals surface area contributed by atoms with Crippen molar-refractivity contribution in [2.24, 2.45) is 5.92 Å². The lowest BCUT2D eigenvalue weighted by Crippen LogP contribution is -2.48. The summed E-state index contributed by atoms with van der Waals surface area (Å²) in [5, 5.41) is 3.05. The highest BCUT2D eigenvalue weighted by atomic mass is 16.5. The Bertz CT molecular complexity index is 1080. The maximum Gasteiger partial charge on any atom is 0.260 e. The second kappa shape index (κ2) is 9.97. The van der Waals surface area contributed by atoms with Crippen molar-refractivity contribution in [2.45, 2.75) is 44.7 Å². The van der Waals surface area contributed by atoms with Crippen LogP contribution in [0.25, 0.3) is 0 Å². The summed E-state index contributed by atoms with van der Waals surface area (Å²) in [4.78, 5) is 42.4. The number of amides is 3. The van der Waals surface area contributed by atoms with Gasteiger partial charge in [0.05, 0.1) is 11.3 Å². The van der Waals surface area contributed by atoms with E-state index in [0.717, 1.165) is 57.4 Å². The molecule has 3 heterocycles. The summed E-state index contributed by atoms with van der Waals surface area (Å²) in [6.07, 6.45) is 4.52. The number of anilines is 1. The summed E-state index contributed by atoms with van der Waals surface area (Å²) in [5.74, 6) is 0.504. The van der Waals surface area contributed by atoms with Crippen molar-refractivity contribution in [1.82, 2.24) is 10.2 Å². The fraction of sp³-hybridized carbons (Fsp3) is 0.444.